The predicted octanol–water partition coefficient (Wildman–Crippen LogP) is 2.22. The van der Waals surface area contributed by atoms with E-state index in [1.807, 2.05) is 13.1 Å². The lowest BCUT2D eigenvalue weighted by Crippen LogP contribution is -2.35. The first-order valence-corrected chi connectivity index (χ1v) is 8.13. The standard InChI is InChI=1S/C12H16BrNO2S/c1-14-11(9-6-7-9)8-17(15,16)12-5-3-2-4-10(12)13/h2-5,9,11,14H,6-8H2,1H3. The molecule has 17 heavy (non-hydrogen) atoms. The monoisotopic (exact) mass is 317 g/mol. The Balaban J connectivity index is 2.21. The fraction of sp³-hybridized carbons (Fsp3) is 0.500. The number of halogens is 1. The predicted molar refractivity (Wildman–Crippen MR) is 71.8 cm³/mol. The highest BCUT2D eigenvalue weighted by Gasteiger charge is 2.34. The SMILES string of the molecule is CNC(CS(=O)(=O)c1ccccc1Br)C1CC1. The average Bonchev–Trinajstić information content (AvgIpc) is 3.10. The largest absolute Gasteiger partial charge is 0.316 e. The third kappa shape index (κ3) is 3.09. The van der Waals surface area contributed by atoms with E-state index in [-0.39, 0.29) is 11.8 Å². The lowest BCUT2D eigenvalue weighted by molar-refractivity contribution is 0.527. The second kappa shape index (κ2) is 5.08. The van der Waals surface area contributed by atoms with Gasteiger partial charge in [-0.25, -0.2) is 8.42 Å². The number of sulfone groups is 1. The van der Waals surface area contributed by atoms with Crippen molar-refractivity contribution in [3.8, 4) is 0 Å². The van der Waals surface area contributed by atoms with Crippen LogP contribution >= 0.6 is 15.9 Å². The maximum absolute atomic E-state index is 12.3. The van der Waals surface area contributed by atoms with Gasteiger partial charge in [0.25, 0.3) is 0 Å². The molecule has 1 saturated carbocycles. The van der Waals surface area contributed by atoms with Crippen molar-refractivity contribution in [2.75, 3.05) is 12.8 Å². The van der Waals surface area contributed by atoms with Gasteiger partial charge in [-0.1, -0.05) is 12.1 Å². The van der Waals surface area contributed by atoms with Gasteiger partial charge in [-0.15, -0.1) is 0 Å². The second-order valence-corrected chi connectivity index (χ2v) is 7.30. The summed E-state index contributed by atoms with van der Waals surface area (Å²) < 4.78 is 25.2. The molecule has 1 aliphatic carbocycles. The minimum atomic E-state index is -3.22. The zero-order chi connectivity index (χ0) is 12.5. The Labute approximate surface area is 111 Å². The number of hydrogen-bond acceptors (Lipinski definition) is 3. The molecule has 1 atom stereocenters. The summed E-state index contributed by atoms with van der Waals surface area (Å²) in [7, 11) is -1.38. The normalized spacial score (nSPS) is 18.0. The fourth-order valence-corrected chi connectivity index (χ4v) is 4.74. The van der Waals surface area contributed by atoms with Crippen molar-refractivity contribution in [3.05, 3.63) is 28.7 Å². The van der Waals surface area contributed by atoms with Crippen LogP contribution in [0.4, 0.5) is 0 Å². The molecule has 1 aromatic rings. The molecule has 0 bridgehead atoms. The van der Waals surface area contributed by atoms with Gasteiger partial charge < -0.3 is 5.32 Å². The van der Waals surface area contributed by atoms with Gasteiger partial charge in [0.2, 0.25) is 0 Å². The summed E-state index contributed by atoms with van der Waals surface area (Å²) in [6, 6.07) is 7.06. The topological polar surface area (TPSA) is 46.2 Å². The van der Waals surface area contributed by atoms with Crippen LogP contribution in [-0.4, -0.2) is 27.3 Å². The summed E-state index contributed by atoms with van der Waals surface area (Å²) in [6.07, 6.45) is 2.27. The minimum absolute atomic E-state index is 0.0760. The zero-order valence-electron chi connectivity index (χ0n) is 9.69. The van der Waals surface area contributed by atoms with Gasteiger partial charge in [-0.3, -0.25) is 0 Å². The van der Waals surface area contributed by atoms with Crippen molar-refractivity contribution in [2.24, 2.45) is 5.92 Å². The lowest BCUT2D eigenvalue weighted by Gasteiger charge is -2.16. The Morgan fingerprint density at radius 3 is 2.59 bits per heavy atom. The van der Waals surface area contributed by atoms with Gasteiger partial charge >= 0.3 is 0 Å². The molecule has 1 fully saturated rings. The van der Waals surface area contributed by atoms with Crippen LogP contribution in [0.2, 0.25) is 0 Å². The quantitative estimate of drug-likeness (QED) is 0.905. The molecule has 2 rings (SSSR count). The van der Waals surface area contributed by atoms with Crippen LogP contribution in [0.3, 0.4) is 0 Å². The molecular weight excluding hydrogens is 302 g/mol. The van der Waals surface area contributed by atoms with Crippen LogP contribution < -0.4 is 5.32 Å². The molecule has 0 saturated heterocycles. The third-order valence-corrected chi connectivity index (χ3v) is 5.91. The molecule has 94 valence electrons. The fourth-order valence-electron chi connectivity index (χ4n) is 1.98. The molecule has 3 nitrogen and oxygen atoms in total. The van der Waals surface area contributed by atoms with E-state index in [1.54, 1.807) is 18.2 Å². The van der Waals surface area contributed by atoms with Gasteiger partial charge in [0.05, 0.1) is 10.6 Å². The van der Waals surface area contributed by atoms with E-state index in [0.717, 1.165) is 12.8 Å². The van der Waals surface area contributed by atoms with E-state index >= 15 is 0 Å². The highest BCUT2D eigenvalue weighted by Crippen LogP contribution is 2.34. The summed E-state index contributed by atoms with van der Waals surface area (Å²) in [5.74, 6) is 0.703. The van der Waals surface area contributed by atoms with Crippen LogP contribution in [0.1, 0.15) is 12.8 Å². The average molecular weight is 318 g/mol. The highest BCUT2D eigenvalue weighted by molar-refractivity contribution is 9.10. The van der Waals surface area contributed by atoms with Gasteiger partial charge in [0.15, 0.2) is 9.84 Å². The molecule has 1 aromatic carbocycles. The van der Waals surface area contributed by atoms with E-state index < -0.39 is 9.84 Å². The maximum Gasteiger partial charge on any atom is 0.181 e. The number of nitrogens with one attached hydrogen (secondary N) is 1. The van der Waals surface area contributed by atoms with Gasteiger partial charge in [-0.05, 0) is 53.9 Å². The molecule has 1 N–H and O–H groups in total. The van der Waals surface area contributed by atoms with Gasteiger partial charge in [-0.2, -0.15) is 0 Å². The van der Waals surface area contributed by atoms with Crippen molar-refractivity contribution in [2.45, 2.75) is 23.8 Å². The van der Waals surface area contributed by atoms with Gasteiger partial charge in [0, 0.05) is 10.5 Å². The van der Waals surface area contributed by atoms with E-state index in [0.29, 0.717) is 15.3 Å². The number of benzene rings is 1. The molecule has 0 amide bonds. The van der Waals surface area contributed by atoms with E-state index in [4.69, 9.17) is 0 Å². The summed E-state index contributed by atoms with van der Waals surface area (Å²) in [6.45, 7) is 0. The summed E-state index contributed by atoms with van der Waals surface area (Å²) in [4.78, 5) is 0.390. The number of hydrogen-bond donors (Lipinski definition) is 1. The zero-order valence-corrected chi connectivity index (χ0v) is 12.1. The highest BCUT2D eigenvalue weighted by atomic mass is 79.9. The molecule has 0 aliphatic heterocycles. The maximum atomic E-state index is 12.3. The first-order chi connectivity index (χ1) is 8.04. The molecule has 0 spiro atoms. The van der Waals surface area contributed by atoms with Crippen LogP contribution in [0.5, 0.6) is 0 Å². The van der Waals surface area contributed by atoms with Gasteiger partial charge in [0.1, 0.15) is 0 Å². The van der Waals surface area contributed by atoms with Crippen LogP contribution in [0.25, 0.3) is 0 Å². The van der Waals surface area contributed by atoms with E-state index in [1.165, 1.54) is 0 Å². The van der Waals surface area contributed by atoms with Crippen molar-refractivity contribution >= 4 is 25.8 Å². The Morgan fingerprint density at radius 1 is 1.41 bits per heavy atom. The summed E-state index contributed by atoms with van der Waals surface area (Å²) in [5.41, 5.74) is 0. The van der Waals surface area contributed by atoms with Crippen molar-refractivity contribution < 1.29 is 8.42 Å². The molecule has 0 radical (unpaired) electrons. The Bertz CT molecular complexity index is 497. The van der Waals surface area contributed by atoms with Crippen LogP contribution in [0, 0.1) is 5.92 Å². The van der Waals surface area contributed by atoms with E-state index in [2.05, 4.69) is 21.2 Å². The summed E-state index contributed by atoms with van der Waals surface area (Å²) >= 11 is 3.30. The molecule has 0 heterocycles. The van der Waals surface area contributed by atoms with E-state index in [9.17, 15) is 8.42 Å². The van der Waals surface area contributed by atoms with Crippen LogP contribution in [-0.2, 0) is 9.84 Å². The van der Waals surface area contributed by atoms with Crippen LogP contribution in [0.15, 0.2) is 33.6 Å². The molecule has 0 aromatic heterocycles. The molecule has 5 heteroatoms. The third-order valence-electron chi connectivity index (χ3n) is 3.13. The minimum Gasteiger partial charge on any atom is -0.316 e. The Morgan fingerprint density at radius 2 is 2.06 bits per heavy atom. The lowest BCUT2D eigenvalue weighted by atomic mass is 10.2. The smallest absolute Gasteiger partial charge is 0.181 e. The molecular formula is C12H16BrNO2S. The Hall–Kier alpha value is -0.390. The van der Waals surface area contributed by atoms with Crippen molar-refractivity contribution in [1.29, 1.82) is 0 Å². The van der Waals surface area contributed by atoms with Crippen molar-refractivity contribution in [1.82, 2.24) is 5.32 Å². The number of rotatable bonds is 5. The van der Waals surface area contributed by atoms with Crippen molar-refractivity contribution in [3.63, 3.8) is 0 Å². The first kappa shape index (κ1) is 13.1. The summed E-state index contributed by atoms with van der Waals surface area (Å²) in [5, 5.41) is 3.11. The molecule has 1 aliphatic rings. The Kier molecular flexibility index (Phi) is 3.90. The first-order valence-electron chi connectivity index (χ1n) is 5.69. The molecule has 1 unspecified atom stereocenters. The second-order valence-electron chi connectivity index (χ2n) is 4.44.